The number of para-hydroxylation sites is 1. The summed E-state index contributed by atoms with van der Waals surface area (Å²) in [6.07, 6.45) is 0. The number of nitrogens with one attached hydrogen (secondary N) is 1. The van der Waals surface area contributed by atoms with Gasteiger partial charge in [-0.15, -0.1) is 0 Å². The maximum absolute atomic E-state index is 5.78. The molecule has 0 heterocycles. The van der Waals surface area contributed by atoms with Crippen molar-refractivity contribution >= 4 is 11.6 Å². The molecule has 0 aliphatic rings. The van der Waals surface area contributed by atoms with E-state index in [9.17, 15) is 0 Å². The number of halogens is 1. The van der Waals surface area contributed by atoms with E-state index in [-0.39, 0.29) is 6.61 Å². The van der Waals surface area contributed by atoms with Crippen molar-refractivity contribution in [2.75, 3.05) is 19.8 Å². The van der Waals surface area contributed by atoms with Crippen molar-refractivity contribution < 1.29 is 9.47 Å². The number of hydrogen-bond donors (Lipinski definition) is 1. The molecular weight excluding hydrogens is 274 g/mol. The third kappa shape index (κ3) is 5.85. The van der Waals surface area contributed by atoms with Crippen LogP contribution in [0.25, 0.3) is 0 Å². The molecule has 0 spiro atoms. The highest BCUT2D eigenvalue weighted by molar-refractivity contribution is 6.29. The zero-order chi connectivity index (χ0) is 15.0. The minimum atomic E-state index is 0.281. The van der Waals surface area contributed by atoms with Gasteiger partial charge in [-0.3, -0.25) is 0 Å². The topological polar surface area (TPSA) is 30.5 Å². The van der Waals surface area contributed by atoms with Gasteiger partial charge in [-0.1, -0.05) is 44.2 Å². The van der Waals surface area contributed by atoms with Gasteiger partial charge < -0.3 is 14.8 Å². The van der Waals surface area contributed by atoms with Gasteiger partial charge in [-0.2, -0.15) is 0 Å². The summed E-state index contributed by atoms with van der Waals surface area (Å²) >= 11 is 5.78. The van der Waals surface area contributed by atoms with Gasteiger partial charge in [0.25, 0.3) is 0 Å². The van der Waals surface area contributed by atoms with E-state index in [2.05, 4.69) is 25.7 Å². The van der Waals surface area contributed by atoms with Crippen molar-refractivity contribution in [2.24, 2.45) is 5.92 Å². The van der Waals surface area contributed by atoms with Crippen LogP contribution in [0, 0.1) is 5.92 Å². The standard InChI is InChI=1S/C16H24ClNO2/c1-5-19-15-8-6-7-14(10-18-9-12(2)3)16(15)20-11-13(4)17/h6-8,12,18H,4-5,9-11H2,1-3H3. The largest absolute Gasteiger partial charge is 0.490 e. The van der Waals surface area contributed by atoms with Crippen LogP contribution >= 0.6 is 11.6 Å². The van der Waals surface area contributed by atoms with Crippen LogP contribution in [0.4, 0.5) is 0 Å². The molecule has 0 saturated heterocycles. The van der Waals surface area contributed by atoms with Crippen LogP contribution in [0.5, 0.6) is 11.5 Å². The number of rotatable bonds is 9. The number of ether oxygens (including phenoxy) is 2. The Morgan fingerprint density at radius 1 is 1.35 bits per heavy atom. The Kier molecular flexibility index (Phi) is 7.48. The van der Waals surface area contributed by atoms with E-state index in [0.717, 1.165) is 30.2 Å². The highest BCUT2D eigenvalue weighted by Crippen LogP contribution is 2.32. The Hall–Kier alpha value is -1.19. The average Bonchev–Trinajstić information content (AvgIpc) is 2.37. The summed E-state index contributed by atoms with van der Waals surface area (Å²) in [6.45, 7) is 12.5. The minimum Gasteiger partial charge on any atom is -0.490 e. The van der Waals surface area contributed by atoms with Gasteiger partial charge in [-0.25, -0.2) is 0 Å². The first kappa shape index (κ1) is 16.9. The summed E-state index contributed by atoms with van der Waals surface area (Å²) in [7, 11) is 0. The quantitative estimate of drug-likeness (QED) is 0.748. The SMILES string of the molecule is C=C(Cl)COc1c(CNCC(C)C)cccc1OCC. The molecule has 3 nitrogen and oxygen atoms in total. The Balaban J connectivity index is 2.83. The van der Waals surface area contributed by atoms with E-state index < -0.39 is 0 Å². The average molecular weight is 298 g/mol. The molecule has 0 bridgehead atoms. The van der Waals surface area contributed by atoms with Gasteiger partial charge in [0.05, 0.1) is 6.61 Å². The van der Waals surface area contributed by atoms with Crippen LogP contribution < -0.4 is 14.8 Å². The Morgan fingerprint density at radius 3 is 2.70 bits per heavy atom. The molecule has 20 heavy (non-hydrogen) atoms. The van der Waals surface area contributed by atoms with E-state index in [1.54, 1.807) is 0 Å². The van der Waals surface area contributed by atoms with Crippen LogP contribution in [-0.4, -0.2) is 19.8 Å². The molecule has 0 fully saturated rings. The fraction of sp³-hybridized carbons (Fsp3) is 0.500. The Morgan fingerprint density at radius 2 is 2.10 bits per heavy atom. The lowest BCUT2D eigenvalue weighted by Gasteiger charge is -2.16. The van der Waals surface area contributed by atoms with Crippen LogP contribution in [0.1, 0.15) is 26.3 Å². The molecule has 0 saturated carbocycles. The van der Waals surface area contributed by atoms with Crippen LogP contribution in [-0.2, 0) is 6.54 Å². The van der Waals surface area contributed by atoms with Gasteiger partial charge in [0.1, 0.15) is 6.61 Å². The monoisotopic (exact) mass is 297 g/mol. The molecule has 1 aromatic carbocycles. The lowest BCUT2D eigenvalue weighted by atomic mass is 10.1. The summed E-state index contributed by atoms with van der Waals surface area (Å²) < 4.78 is 11.4. The molecule has 1 aromatic rings. The second-order valence-corrected chi connectivity index (χ2v) is 5.54. The molecule has 0 atom stereocenters. The fourth-order valence-corrected chi connectivity index (χ4v) is 1.83. The predicted molar refractivity (Wildman–Crippen MR) is 84.6 cm³/mol. The zero-order valence-corrected chi connectivity index (χ0v) is 13.3. The van der Waals surface area contributed by atoms with Gasteiger partial charge in [-0.05, 0) is 25.5 Å². The highest BCUT2D eigenvalue weighted by Gasteiger charge is 2.11. The number of hydrogen-bond acceptors (Lipinski definition) is 3. The molecule has 0 radical (unpaired) electrons. The molecule has 0 unspecified atom stereocenters. The van der Waals surface area contributed by atoms with E-state index >= 15 is 0 Å². The summed E-state index contributed by atoms with van der Waals surface area (Å²) in [6, 6.07) is 5.91. The molecular formula is C16H24ClNO2. The van der Waals surface area contributed by atoms with E-state index in [4.69, 9.17) is 21.1 Å². The van der Waals surface area contributed by atoms with Crippen molar-refractivity contribution in [3.63, 3.8) is 0 Å². The van der Waals surface area contributed by atoms with Crippen LogP contribution in [0.3, 0.4) is 0 Å². The molecule has 0 aliphatic heterocycles. The predicted octanol–water partition coefficient (Wildman–Crippen LogP) is 3.96. The van der Waals surface area contributed by atoms with Crippen LogP contribution in [0.2, 0.25) is 0 Å². The molecule has 0 aliphatic carbocycles. The molecule has 1 rings (SSSR count). The first-order chi connectivity index (χ1) is 9.54. The van der Waals surface area contributed by atoms with Crippen molar-refractivity contribution in [3.05, 3.63) is 35.4 Å². The summed E-state index contributed by atoms with van der Waals surface area (Å²) in [5.41, 5.74) is 1.06. The van der Waals surface area contributed by atoms with Gasteiger partial charge in [0, 0.05) is 17.1 Å². The molecule has 1 N–H and O–H groups in total. The molecule has 112 valence electrons. The van der Waals surface area contributed by atoms with Crippen LogP contribution in [0.15, 0.2) is 29.8 Å². The molecule has 4 heteroatoms. The molecule has 0 aromatic heterocycles. The highest BCUT2D eigenvalue weighted by atomic mass is 35.5. The maximum Gasteiger partial charge on any atom is 0.166 e. The van der Waals surface area contributed by atoms with E-state index in [1.165, 1.54) is 0 Å². The first-order valence-electron chi connectivity index (χ1n) is 6.96. The summed E-state index contributed by atoms with van der Waals surface area (Å²) in [5.74, 6) is 2.10. The minimum absolute atomic E-state index is 0.281. The first-order valence-corrected chi connectivity index (χ1v) is 7.33. The normalized spacial score (nSPS) is 10.7. The second kappa shape index (κ2) is 8.88. The fourth-order valence-electron chi connectivity index (χ4n) is 1.78. The number of benzene rings is 1. The smallest absolute Gasteiger partial charge is 0.166 e. The van der Waals surface area contributed by atoms with Gasteiger partial charge in [0.2, 0.25) is 0 Å². The maximum atomic E-state index is 5.78. The second-order valence-electron chi connectivity index (χ2n) is 5.01. The van der Waals surface area contributed by atoms with Crippen molar-refractivity contribution in [3.8, 4) is 11.5 Å². The third-order valence-corrected chi connectivity index (χ3v) is 2.71. The van der Waals surface area contributed by atoms with Crippen molar-refractivity contribution in [1.82, 2.24) is 5.32 Å². The third-order valence-electron chi connectivity index (χ3n) is 2.60. The Bertz CT molecular complexity index is 432. The Labute approximate surface area is 126 Å². The lowest BCUT2D eigenvalue weighted by Crippen LogP contribution is -2.19. The molecule has 0 amide bonds. The van der Waals surface area contributed by atoms with E-state index in [1.807, 2.05) is 25.1 Å². The van der Waals surface area contributed by atoms with Crippen molar-refractivity contribution in [2.45, 2.75) is 27.3 Å². The summed E-state index contributed by atoms with van der Waals surface area (Å²) in [4.78, 5) is 0. The van der Waals surface area contributed by atoms with Gasteiger partial charge in [0.15, 0.2) is 11.5 Å². The zero-order valence-electron chi connectivity index (χ0n) is 12.5. The lowest BCUT2D eigenvalue weighted by molar-refractivity contribution is 0.292. The van der Waals surface area contributed by atoms with E-state index in [0.29, 0.717) is 17.6 Å². The van der Waals surface area contributed by atoms with Crippen molar-refractivity contribution in [1.29, 1.82) is 0 Å². The summed E-state index contributed by atoms with van der Waals surface area (Å²) in [5, 5.41) is 3.88. The van der Waals surface area contributed by atoms with Gasteiger partial charge >= 0.3 is 0 Å².